The van der Waals surface area contributed by atoms with Gasteiger partial charge in [-0.15, -0.1) is 11.8 Å². The molecular weight excluding hydrogens is 413 g/mol. The third kappa shape index (κ3) is 4.95. The summed E-state index contributed by atoms with van der Waals surface area (Å²) in [5.74, 6) is -7.22. The van der Waals surface area contributed by atoms with E-state index >= 15 is 0 Å². The number of Topliss-reactive ketones (excluding diaryl/α,β-unsaturated/α-hetero) is 1. The van der Waals surface area contributed by atoms with Crippen LogP contribution in [0.25, 0.3) is 0 Å². The number of nitrogens with zero attached hydrogens (tertiary/aromatic N) is 1. The van der Waals surface area contributed by atoms with Crippen LogP contribution in [0.4, 0.5) is 22.0 Å². The van der Waals surface area contributed by atoms with Crippen LogP contribution in [0.5, 0.6) is 0 Å². The van der Waals surface area contributed by atoms with E-state index in [1.807, 2.05) is 0 Å². The summed E-state index contributed by atoms with van der Waals surface area (Å²) in [6, 6.07) is 4.28. The second-order valence-corrected chi connectivity index (χ2v) is 7.68. The third-order valence-electron chi connectivity index (χ3n) is 4.73. The predicted octanol–water partition coefficient (Wildman–Crippen LogP) is 4.60. The van der Waals surface area contributed by atoms with Gasteiger partial charge in [0.25, 0.3) is 0 Å². The standard InChI is InChI=1S/C20H16F5NO2S/c21-12-7-16(24)19(17(25)8-12)20(28)11-3-5-26(6-4-11)18(27)10-29-13-1-2-14(22)15(23)9-13/h1-2,7-9,11H,3-6,10H2. The number of carbonyl (C=O) groups excluding carboxylic acids is 2. The maximum atomic E-state index is 13.8. The maximum Gasteiger partial charge on any atom is 0.232 e. The average Bonchev–Trinajstić information content (AvgIpc) is 2.68. The number of hydrogen-bond acceptors (Lipinski definition) is 3. The SMILES string of the molecule is O=C(c1c(F)cc(F)cc1F)C1CCN(C(=O)CSc2ccc(F)c(F)c2)CC1. The van der Waals surface area contributed by atoms with Gasteiger partial charge in [0.15, 0.2) is 17.4 Å². The maximum absolute atomic E-state index is 13.8. The highest BCUT2D eigenvalue weighted by Gasteiger charge is 2.31. The molecule has 29 heavy (non-hydrogen) atoms. The van der Waals surface area contributed by atoms with Crippen LogP contribution in [0.2, 0.25) is 0 Å². The van der Waals surface area contributed by atoms with Crippen molar-refractivity contribution in [1.82, 2.24) is 4.90 Å². The van der Waals surface area contributed by atoms with Crippen LogP contribution in [0.15, 0.2) is 35.2 Å². The number of amides is 1. The Hall–Kier alpha value is -2.42. The molecule has 154 valence electrons. The van der Waals surface area contributed by atoms with Gasteiger partial charge in [0.2, 0.25) is 5.91 Å². The normalized spacial score (nSPS) is 14.9. The van der Waals surface area contributed by atoms with E-state index in [9.17, 15) is 31.5 Å². The van der Waals surface area contributed by atoms with Crippen LogP contribution in [0, 0.1) is 35.0 Å². The van der Waals surface area contributed by atoms with Gasteiger partial charge in [-0.2, -0.15) is 0 Å². The molecule has 0 aromatic heterocycles. The van der Waals surface area contributed by atoms with Crippen molar-refractivity contribution in [1.29, 1.82) is 0 Å². The zero-order valence-corrected chi connectivity index (χ0v) is 15.9. The molecule has 0 bridgehead atoms. The van der Waals surface area contributed by atoms with E-state index in [1.54, 1.807) is 0 Å². The van der Waals surface area contributed by atoms with Crippen LogP contribution in [-0.2, 0) is 4.79 Å². The summed E-state index contributed by atoms with van der Waals surface area (Å²) in [6.07, 6.45) is 0.438. The lowest BCUT2D eigenvalue weighted by atomic mass is 9.88. The van der Waals surface area contributed by atoms with Crippen molar-refractivity contribution >= 4 is 23.5 Å². The van der Waals surface area contributed by atoms with Gasteiger partial charge in [-0.1, -0.05) is 0 Å². The molecule has 1 aliphatic rings. The van der Waals surface area contributed by atoms with Gasteiger partial charge in [-0.05, 0) is 31.0 Å². The van der Waals surface area contributed by atoms with E-state index < -0.39 is 46.4 Å². The lowest BCUT2D eigenvalue weighted by Crippen LogP contribution is -2.41. The first-order valence-electron chi connectivity index (χ1n) is 8.80. The molecule has 2 aromatic carbocycles. The topological polar surface area (TPSA) is 37.4 Å². The van der Waals surface area contributed by atoms with Gasteiger partial charge >= 0.3 is 0 Å². The Labute approximate surface area is 167 Å². The molecule has 1 heterocycles. The molecule has 1 amide bonds. The number of carbonyl (C=O) groups is 2. The van der Waals surface area contributed by atoms with Crippen molar-refractivity contribution in [2.24, 2.45) is 5.92 Å². The Bertz CT molecular complexity index is 921. The molecule has 1 saturated heterocycles. The molecule has 9 heteroatoms. The molecule has 0 radical (unpaired) electrons. The van der Waals surface area contributed by atoms with Gasteiger partial charge in [0.05, 0.1) is 11.3 Å². The highest BCUT2D eigenvalue weighted by Crippen LogP contribution is 2.27. The van der Waals surface area contributed by atoms with Crippen molar-refractivity contribution in [3.05, 3.63) is 65.0 Å². The number of benzene rings is 2. The van der Waals surface area contributed by atoms with Crippen molar-refractivity contribution in [3.63, 3.8) is 0 Å². The molecule has 0 atom stereocenters. The lowest BCUT2D eigenvalue weighted by molar-refractivity contribution is -0.129. The van der Waals surface area contributed by atoms with Crippen LogP contribution < -0.4 is 0 Å². The molecule has 1 aliphatic heterocycles. The minimum absolute atomic E-state index is 0.00486. The molecule has 1 fully saturated rings. The average molecular weight is 429 g/mol. The Morgan fingerprint density at radius 2 is 1.52 bits per heavy atom. The van der Waals surface area contributed by atoms with Crippen molar-refractivity contribution in [2.45, 2.75) is 17.7 Å². The van der Waals surface area contributed by atoms with Crippen LogP contribution in [-0.4, -0.2) is 35.4 Å². The smallest absolute Gasteiger partial charge is 0.232 e. The fourth-order valence-electron chi connectivity index (χ4n) is 3.18. The van der Waals surface area contributed by atoms with E-state index in [0.29, 0.717) is 17.0 Å². The summed E-state index contributed by atoms with van der Waals surface area (Å²) in [6.45, 7) is 0.440. The number of likely N-dealkylation sites (tertiary alicyclic amines) is 1. The summed E-state index contributed by atoms with van der Waals surface area (Å²) in [7, 11) is 0. The third-order valence-corrected chi connectivity index (χ3v) is 5.70. The van der Waals surface area contributed by atoms with E-state index in [4.69, 9.17) is 0 Å². The second kappa shape index (κ2) is 8.94. The number of ketones is 1. The molecule has 0 aliphatic carbocycles. The van der Waals surface area contributed by atoms with Crippen molar-refractivity contribution < 1.29 is 31.5 Å². The molecule has 3 nitrogen and oxygen atoms in total. The predicted molar refractivity (Wildman–Crippen MR) is 97.0 cm³/mol. The summed E-state index contributed by atoms with van der Waals surface area (Å²) in [5, 5.41) is 0. The van der Waals surface area contributed by atoms with Crippen molar-refractivity contribution in [3.8, 4) is 0 Å². The number of hydrogen-bond donors (Lipinski definition) is 0. The fraction of sp³-hybridized carbons (Fsp3) is 0.300. The first-order chi connectivity index (χ1) is 13.8. The lowest BCUT2D eigenvalue weighted by Gasteiger charge is -2.31. The van der Waals surface area contributed by atoms with Gasteiger partial charge in [0.1, 0.15) is 17.5 Å². The molecule has 2 aromatic rings. The van der Waals surface area contributed by atoms with Crippen LogP contribution >= 0.6 is 11.8 Å². The fourth-order valence-corrected chi connectivity index (χ4v) is 4.00. The first kappa shape index (κ1) is 21.3. The zero-order valence-electron chi connectivity index (χ0n) is 15.1. The quantitative estimate of drug-likeness (QED) is 0.396. The Morgan fingerprint density at radius 1 is 0.897 bits per heavy atom. The number of piperidine rings is 1. The van der Waals surface area contributed by atoms with Gasteiger partial charge < -0.3 is 4.90 Å². The minimum Gasteiger partial charge on any atom is -0.342 e. The molecule has 3 rings (SSSR count). The molecule has 0 spiro atoms. The number of thioether (sulfide) groups is 1. The van der Waals surface area contributed by atoms with Gasteiger partial charge in [-0.25, -0.2) is 22.0 Å². The van der Waals surface area contributed by atoms with Crippen LogP contribution in [0.1, 0.15) is 23.2 Å². The number of rotatable bonds is 5. The summed E-state index contributed by atoms with van der Waals surface area (Å²) >= 11 is 1.05. The Kier molecular flexibility index (Phi) is 6.56. The molecule has 0 unspecified atom stereocenters. The van der Waals surface area contributed by atoms with Gasteiger partial charge in [0, 0.05) is 36.0 Å². The summed E-state index contributed by atoms with van der Waals surface area (Å²) < 4.78 is 66.8. The second-order valence-electron chi connectivity index (χ2n) is 6.63. The van der Waals surface area contributed by atoms with Crippen LogP contribution in [0.3, 0.4) is 0 Å². The molecule has 0 saturated carbocycles. The summed E-state index contributed by atoms with van der Waals surface area (Å²) in [4.78, 5) is 26.6. The first-order valence-corrected chi connectivity index (χ1v) is 9.79. The highest BCUT2D eigenvalue weighted by atomic mass is 32.2. The minimum atomic E-state index is -1.24. The Balaban J connectivity index is 1.55. The van der Waals surface area contributed by atoms with E-state index in [1.165, 1.54) is 11.0 Å². The Morgan fingerprint density at radius 3 is 2.10 bits per heavy atom. The monoisotopic (exact) mass is 429 g/mol. The van der Waals surface area contributed by atoms with E-state index in [2.05, 4.69) is 0 Å². The highest BCUT2D eigenvalue weighted by molar-refractivity contribution is 8.00. The van der Waals surface area contributed by atoms with E-state index in [-0.39, 0.29) is 37.6 Å². The van der Waals surface area contributed by atoms with E-state index in [0.717, 1.165) is 23.9 Å². The zero-order chi connectivity index (χ0) is 21.1. The summed E-state index contributed by atoms with van der Waals surface area (Å²) in [5.41, 5.74) is -0.759. The number of halogens is 5. The molecule has 0 N–H and O–H groups in total. The largest absolute Gasteiger partial charge is 0.342 e. The van der Waals surface area contributed by atoms with Crippen molar-refractivity contribution in [2.75, 3.05) is 18.8 Å². The van der Waals surface area contributed by atoms with Gasteiger partial charge in [-0.3, -0.25) is 9.59 Å². The molecular formula is C20H16F5NO2S.